The van der Waals surface area contributed by atoms with Crippen LogP contribution in [0.5, 0.6) is 0 Å². The average Bonchev–Trinajstić information content (AvgIpc) is 3.27. The fourth-order valence-electron chi connectivity index (χ4n) is 5.32. The van der Waals surface area contributed by atoms with Crippen molar-refractivity contribution in [2.24, 2.45) is 0 Å². The number of piperazine rings is 1. The van der Waals surface area contributed by atoms with Crippen molar-refractivity contribution in [3.63, 3.8) is 0 Å². The first-order valence-electron chi connectivity index (χ1n) is 12.8. The zero-order chi connectivity index (χ0) is 24.2. The van der Waals surface area contributed by atoms with Crippen molar-refractivity contribution in [2.75, 3.05) is 26.2 Å². The van der Waals surface area contributed by atoms with Crippen molar-refractivity contribution in [1.82, 2.24) is 14.4 Å². The van der Waals surface area contributed by atoms with Gasteiger partial charge < -0.3 is 9.47 Å². The van der Waals surface area contributed by atoms with Gasteiger partial charge in [-0.15, -0.1) is 0 Å². The van der Waals surface area contributed by atoms with E-state index in [1.807, 2.05) is 0 Å². The lowest BCUT2D eigenvalue weighted by Gasteiger charge is -2.35. The molecule has 4 aromatic rings. The molecule has 0 N–H and O–H groups in total. The van der Waals surface area contributed by atoms with E-state index in [4.69, 9.17) is 0 Å². The molecule has 1 amide bonds. The van der Waals surface area contributed by atoms with E-state index in [0.29, 0.717) is 6.42 Å². The number of carbonyl (C=O) groups is 1. The summed E-state index contributed by atoms with van der Waals surface area (Å²) in [5.74, 6) is 0.298. The number of benzene rings is 3. The van der Waals surface area contributed by atoms with Crippen LogP contribution in [0.2, 0.25) is 0 Å². The van der Waals surface area contributed by atoms with Gasteiger partial charge >= 0.3 is 0 Å². The number of hydrogen-bond acceptors (Lipinski definition) is 2. The van der Waals surface area contributed by atoms with Crippen LogP contribution >= 0.6 is 0 Å². The molecule has 1 saturated heterocycles. The second-order valence-corrected chi connectivity index (χ2v) is 9.70. The minimum absolute atomic E-state index is 0.0446. The molecule has 1 atom stereocenters. The smallest absolute Gasteiger partial charge is 0.223 e. The molecule has 1 aliphatic heterocycles. The molecule has 0 radical (unpaired) electrons. The fourth-order valence-corrected chi connectivity index (χ4v) is 5.32. The number of fused-ring (bicyclic) bond motifs is 1. The van der Waals surface area contributed by atoms with Gasteiger partial charge in [-0.2, -0.15) is 0 Å². The van der Waals surface area contributed by atoms with Crippen molar-refractivity contribution in [3.05, 3.63) is 107 Å². The Kier molecular flexibility index (Phi) is 7.01. The van der Waals surface area contributed by atoms with Gasteiger partial charge in [0.15, 0.2) is 0 Å². The SMILES string of the molecule is CCn1cc([C@@H](CC(=O)N2CCN(Cc3ccccc3)CC2)c2ccc(C)cc2)c2ccccc21. The minimum atomic E-state index is 0.0446. The van der Waals surface area contributed by atoms with Crippen LogP contribution in [0.15, 0.2) is 85.1 Å². The average molecular weight is 466 g/mol. The number of rotatable bonds is 7. The number of aryl methyl sites for hydroxylation is 2. The maximum Gasteiger partial charge on any atom is 0.223 e. The van der Waals surface area contributed by atoms with E-state index in [-0.39, 0.29) is 11.8 Å². The van der Waals surface area contributed by atoms with Crippen LogP contribution in [0.3, 0.4) is 0 Å². The van der Waals surface area contributed by atoms with E-state index in [9.17, 15) is 4.79 Å². The third-order valence-corrected chi connectivity index (χ3v) is 7.37. The van der Waals surface area contributed by atoms with E-state index >= 15 is 0 Å². The van der Waals surface area contributed by atoms with Gasteiger partial charge in [-0.1, -0.05) is 78.4 Å². The van der Waals surface area contributed by atoms with Crippen LogP contribution < -0.4 is 0 Å². The topological polar surface area (TPSA) is 28.5 Å². The van der Waals surface area contributed by atoms with E-state index < -0.39 is 0 Å². The molecule has 2 heterocycles. The Morgan fingerprint density at radius 2 is 1.54 bits per heavy atom. The number of carbonyl (C=O) groups excluding carboxylic acids is 1. The molecule has 1 fully saturated rings. The normalized spacial score (nSPS) is 15.4. The summed E-state index contributed by atoms with van der Waals surface area (Å²) in [6.07, 6.45) is 2.76. The van der Waals surface area contributed by atoms with Gasteiger partial charge in [0.25, 0.3) is 0 Å². The predicted octanol–water partition coefficient (Wildman–Crippen LogP) is 5.84. The summed E-state index contributed by atoms with van der Waals surface area (Å²) in [7, 11) is 0. The molecule has 1 aliphatic rings. The van der Waals surface area contributed by atoms with Gasteiger partial charge in [0, 0.05) is 68.7 Å². The molecule has 1 aromatic heterocycles. The van der Waals surface area contributed by atoms with E-state index in [1.54, 1.807) is 0 Å². The zero-order valence-electron chi connectivity index (χ0n) is 20.9. The lowest BCUT2D eigenvalue weighted by Crippen LogP contribution is -2.48. The Bertz CT molecular complexity index is 1270. The molecule has 180 valence electrons. The van der Waals surface area contributed by atoms with Crippen LogP contribution in [-0.4, -0.2) is 46.5 Å². The van der Waals surface area contributed by atoms with Gasteiger partial charge in [0.2, 0.25) is 5.91 Å². The maximum absolute atomic E-state index is 13.6. The van der Waals surface area contributed by atoms with Crippen LogP contribution in [0, 0.1) is 6.92 Å². The molecule has 0 aliphatic carbocycles. The van der Waals surface area contributed by atoms with Crippen molar-refractivity contribution in [2.45, 2.75) is 39.3 Å². The molecule has 0 saturated carbocycles. The molecule has 4 heteroatoms. The summed E-state index contributed by atoms with van der Waals surface area (Å²) in [4.78, 5) is 18.1. The fraction of sp³-hybridized carbons (Fsp3) is 0.323. The Balaban J connectivity index is 1.35. The quantitative estimate of drug-likeness (QED) is 0.343. The third-order valence-electron chi connectivity index (χ3n) is 7.37. The number of amides is 1. The van der Waals surface area contributed by atoms with Crippen LogP contribution in [0.4, 0.5) is 0 Å². The van der Waals surface area contributed by atoms with Crippen molar-refractivity contribution in [3.8, 4) is 0 Å². The van der Waals surface area contributed by atoms with Crippen molar-refractivity contribution >= 4 is 16.8 Å². The lowest BCUT2D eigenvalue weighted by atomic mass is 9.87. The summed E-state index contributed by atoms with van der Waals surface area (Å²) >= 11 is 0. The summed E-state index contributed by atoms with van der Waals surface area (Å²) in [5.41, 5.74) is 6.28. The largest absolute Gasteiger partial charge is 0.347 e. The van der Waals surface area contributed by atoms with Crippen molar-refractivity contribution < 1.29 is 4.79 Å². The monoisotopic (exact) mass is 465 g/mol. The van der Waals surface area contributed by atoms with Gasteiger partial charge in [-0.3, -0.25) is 9.69 Å². The summed E-state index contributed by atoms with van der Waals surface area (Å²) in [6.45, 7) is 9.59. The van der Waals surface area contributed by atoms with Gasteiger partial charge in [0.05, 0.1) is 0 Å². The number of nitrogens with zero attached hydrogens (tertiary/aromatic N) is 3. The molecule has 0 bridgehead atoms. The summed E-state index contributed by atoms with van der Waals surface area (Å²) in [6, 6.07) is 27.9. The van der Waals surface area contributed by atoms with Crippen LogP contribution in [0.1, 0.15) is 41.5 Å². The molecule has 35 heavy (non-hydrogen) atoms. The minimum Gasteiger partial charge on any atom is -0.347 e. The first-order chi connectivity index (χ1) is 17.1. The molecule has 4 nitrogen and oxygen atoms in total. The summed E-state index contributed by atoms with van der Waals surface area (Å²) < 4.78 is 2.30. The van der Waals surface area contributed by atoms with Crippen molar-refractivity contribution in [1.29, 1.82) is 0 Å². The molecular formula is C31H35N3O. The molecule has 0 unspecified atom stereocenters. The molecule has 5 rings (SSSR count). The predicted molar refractivity (Wildman–Crippen MR) is 144 cm³/mol. The van der Waals surface area contributed by atoms with E-state index in [0.717, 1.165) is 39.3 Å². The highest BCUT2D eigenvalue weighted by atomic mass is 16.2. The highest BCUT2D eigenvalue weighted by Gasteiger charge is 2.27. The second kappa shape index (κ2) is 10.5. The zero-order valence-corrected chi connectivity index (χ0v) is 20.9. The van der Waals surface area contributed by atoms with Crippen LogP contribution in [-0.2, 0) is 17.9 Å². The standard InChI is InChI=1S/C31H35N3O/c1-3-33-23-29(27-11-7-8-12-30(27)33)28(26-15-13-24(2)14-16-26)21-31(35)34-19-17-32(18-20-34)22-25-9-5-4-6-10-25/h4-16,23,28H,3,17-22H2,1-2H3/t28-/m0/s1. The lowest BCUT2D eigenvalue weighted by molar-refractivity contribution is -0.133. The molecular weight excluding hydrogens is 430 g/mol. The number of para-hydroxylation sites is 1. The number of hydrogen-bond donors (Lipinski definition) is 0. The molecule has 0 spiro atoms. The Hall–Kier alpha value is -3.37. The van der Waals surface area contributed by atoms with Gasteiger partial charge in [-0.05, 0) is 36.6 Å². The van der Waals surface area contributed by atoms with E-state index in [1.165, 1.54) is 33.2 Å². The first-order valence-corrected chi connectivity index (χ1v) is 12.8. The molecule has 3 aromatic carbocycles. The third kappa shape index (κ3) is 5.18. The summed E-state index contributed by atoms with van der Waals surface area (Å²) in [5, 5.41) is 1.25. The van der Waals surface area contributed by atoms with Gasteiger partial charge in [0.1, 0.15) is 0 Å². The number of aromatic nitrogens is 1. The first kappa shape index (κ1) is 23.4. The second-order valence-electron chi connectivity index (χ2n) is 9.70. The Morgan fingerprint density at radius 1 is 0.857 bits per heavy atom. The van der Waals surface area contributed by atoms with Gasteiger partial charge in [-0.25, -0.2) is 0 Å². The van der Waals surface area contributed by atoms with Crippen LogP contribution in [0.25, 0.3) is 10.9 Å². The Morgan fingerprint density at radius 3 is 2.26 bits per heavy atom. The highest BCUT2D eigenvalue weighted by molar-refractivity contribution is 5.86. The highest BCUT2D eigenvalue weighted by Crippen LogP contribution is 2.35. The maximum atomic E-state index is 13.6. The van der Waals surface area contributed by atoms with E-state index in [2.05, 4.69) is 113 Å². The Labute approximate surface area is 208 Å².